The number of nitrogens with one attached hydrogen (secondary N) is 1. The number of methoxy groups -OCH3 is 1. The van der Waals surface area contributed by atoms with E-state index in [1.54, 1.807) is 7.11 Å². The second-order valence-corrected chi connectivity index (χ2v) is 6.81. The Morgan fingerprint density at radius 1 is 1.45 bits per heavy atom. The summed E-state index contributed by atoms with van der Waals surface area (Å²) in [5.41, 5.74) is 0.588. The number of amides is 1. The number of rotatable bonds is 6. The normalized spacial score (nSPS) is 13.9. The van der Waals surface area contributed by atoms with Crippen molar-refractivity contribution < 1.29 is 14.6 Å². The smallest absolute Gasteiger partial charge is 0.262 e. The van der Waals surface area contributed by atoms with E-state index >= 15 is 0 Å². The number of ether oxygens (including phenoxy) is 1. The standard InChI is InChI=1S/C17H23NO3S/c1-5-17(3,8-9-19)18-16(20)15-11(2)13-10-12(21-4)6-7-14(13)22-15/h6-7,10,19H,5,8-9H2,1-4H3,(H,18,20). The fraction of sp³-hybridized carbons (Fsp3) is 0.471. The summed E-state index contributed by atoms with van der Waals surface area (Å²) in [6.07, 6.45) is 1.32. The maximum absolute atomic E-state index is 12.6. The summed E-state index contributed by atoms with van der Waals surface area (Å²) >= 11 is 1.49. The number of thiophene rings is 1. The molecular formula is C17H23NO3S. The van der Waals surface area contributed by atoms with Crippen LogP contribution >= 0.6 is 11.3 Å². The Labute approximate surface area is 135 Å². The zero-order valence-corrected chi connectivity index (χ0v) is 14.3. The third-order valence-corrected chi connectivity index (χ3v) is 5.48. The minimum Gasteiger partial charge on any atom is -0.497 e. The summed E-state index contributed by atoms with van der Waals surface area (Å²) in [6, 6.07) is 5.85. The molecule has 1 aromatic heterocycles. The predicted molar refractivity (Wildman–Crippen MR) is 91.0 cm³/mol. The number of carbonyl (C=O) groups is 1. The van der Waals surface area contributed by atoms with Crippen LogP contribution in [0, 0.1) is 6.92 Å². The van der Waals surface area contributed by atoms with Gasteiger partial charge in [-0.1, -0.05) is 6.92 Å². The molecule has 1 aromatic carbocycles. The van der Waals surface area contributed by atoms with Gasteiger partial charge in [-0.25, -0.2) is 0 Å². The quantitative estimate of drug-likeness (QED) is 0.856. The molecule has 22 heavy (non-hydrogen) atoms. The molecule has 4 nitrogen and oxygen atoms in total. The molecule has 0 fully saturated rings. The van der Waals surface area contributed by atoms with Gasteiger partial charge in [-0.05, 0) is 55.8 Å². The zero-order chi connectivity index (χ0) is 16.3. The van der Waals surface area contributed by atoms with Crippen molar-refractivity contribution in [1.29, 1.82) is 0 Å². The third kappa shape index (κ3) is 3.25. The van der Waals surface area contributed by atoms with E-state index in [1.807, 2.05) is 39.0 Å². The predicted octanol–water partition coefficient (Wildman–Crippen LogP) is 3.50. The topological polar surface area (TPSA) is 58.6 Å². The summed E-state index contributed by atoms with van der Waals surface area (Å²) in [4.78, 5) is 13.3. The van der Waals surface area contributed by atoms with Gasteiger partial charge in [-0.15, -0.1) is 11.3 Å². The summed E-state index contributed by atoms with van der Waals surface area (Å²) in [6.45, 7) is 6.00. The van der Waals surface area contributed by atoms with Crippen LogP contribution in [0.25, 0.3) is 10.1 Å². The molecule has 5 heteroatoms. The van der Waals surface area contributed by atoms with Crippen molar-refractivity contribution in [3.05, 3.63) is 28.6 Å². The van der Waals surface area contributed by atoms with Crippen LogP contribution in [0.5, 0.6) is 5.75 Å². The Balaban J connectivity index is 2.34. The van der Waals surface area contributed by atoms with Crippen LogP contribution in [-0.2, 0) is 0 Å². The monoisotopic (exact) mass is 321 g/mol. The fourth-order valence-electron chi connectivity index (χ4n) is 2.45. The maximum atomic E-state index is 12.6. The van der Waals surface area contributed by atoms with Crippen molar-refractivity contribution in [2.24, 2.45) is 0 Å². The molecule has 0 aliphatic heterocycles. The second kappa shape index (κ2) is 6.67. The Hall–Kier alpha value is -1.59. The first kappa shape index (κ1) is 16.8. The molecule has 0 aliphatic rings. The van der Waals surface area contributed by atoms with E-state index in [-0.39, 0.29) is 18.1 Å². The van der Waals surface area contributed by atoms with Crippen molar-refractivity contribution in [2.75, 3.05) is 13.7 Å². The van der Waals surface area contributed by atoms with Gasteiger partial charge in [0.15, 0.2) is 0 Å². The van der Waals surface area contributed by atoms with E-state index in [0.29, 0.717) is 6.42 Å². The van der Waals surface area contributed by atoms with Crippen LogP contribution in [0.3, 0.4) is 0 Å². The van der Waals surface area contributed by atoms with Crippen LogP contribution in [0.1, 0.15) is 41.9 Å². The molecule has 1 heterocycles. The number of aliphatic hydroxyl groups excluding tert-OH is 1. The van der Waals surface area contributed by atoms with Gasteiger partial charge >= 0.3 is 0 Å². The van der Waals surface area contributed by atoms with Gasteiger partial charge in [0, 0.05) is 16.8 Å². The largest absolute Gasteiger partial charge is 0.497 e. The molecule has 0 radical (unpaired) electrons. The van der Waals surface area contributed by atoms with Crippen LogP contribution in [-0.4, -0.2) is 30.3 Å². The zero-order valence-electron chi connectivity index (χ0n) is 13.5. The van der Waals surface area contributed by atoms with E-state index in [4.69, 9.17) is 4.74 Å². The Kier molecular flexibility index (Phi) is 5.08. The highest BCUT2D eigenvalue weighted by atomic mass is 32.1. The van der Waals surface area contributed by atoms with Gasteiger partial charge in [0.05, 0.1) is 12.0 Å². The van der Waals surface area contributed by atoms with Crippen molar-refractivity contribution in [3.63, 3.8) is 0 Å². The first-order valence-corrected chi connectivity index (χ1v) is 8.26. The minimum atomic E-state index is -0.383. The Morgan fingerprint density at radius 2 is 2.18 bits per heavy atom. The van der Waals surface area contributed by atoms with E-state index in [1.165, 1.54) is 11.3 Å². The lowest BCUT2D eigenvalue weighted by Gasteiger charge is -2.28. The van der Waals surface area contributed by atoms with E-state index in [0.717, 1.165) is 32.7 Å². The van der Waals surface area contributed by atoms with E-state index < -0.39 is 0 Å². The van der Waals surface area contributed by atoms with Crippen molar-refractivity contribution in [2.45, 2.75) is 39.2 Å². The third-order valence-electron chi connectivity index (χ3n) is 4.21. The van der Waals surface area contributed by atoms with Crippen LogP contribution in [0.2, 0.25) is 0 Å². The van der Waals surface area contributed by atoms with E-state index in [9.17, 15) is 9.90 Å². The lowest BCUT2D eigenvalue weighted by molar-refractivity contribution is 0.0890. The van der Waals surface area contributed by atoms with Crippen molar-refractivity contribution >= 4 is 27.3 Å². The molecule has 1 amide bonds. The second-order valence-electron chi connectivity index (χ2n) is 5.76. The Morgan fingerprint density at radius 3 is 2.77 bits per heavy atom. The van der Waals surface area contributed by atoms with Crippen LogP contribution in [0.4, 0.5) is 0 Å². The molecule has 2 N–H and O–H groups in total. The highest BCUT2D eigenvalue weighted by Crippen LogP contribution is 2.33. The van der Waals surface area contributed by atoms with Gasteiger partial charge in [0.25, 0.3) is 5.91 Å². The molecule has 1 atom stereocenters. The number of hydrogen-bond donors (Lipinski definition) is 2. The fourth-order valence-corrected chi connectivity index (χ4v) is 3.53. The highest BCUT2D eigenvalue weighted by Gasteiger charge is 2.26. The Bertz CT molecular complexity index is 680. The molecule has 0 saturated carbocycles. The molecule has 1 unspecified atom stereocenters. The lowest BCUT2D eigenvalue weighted by atomic mass is 9.94. The summed E-state index contributed by atoms with van der Waals surface area (Å²) in [7, 11) is 1.64. The van der Waals surface area contributed by atoms with Crippen molar-refractivity contribution in [1.82, 2.24) is 5.32 Å². The average Bonchev–Trinajstić information content (AvgIpc) is 2.84. The first-order valence-electron chi connectivity index (χ1n) is 7.44. The van der Waals surface area contributed by atoms with Gasteiger partial charge in [-0.2, -0.15) is 0 Å². The van der Waals surface area contributed by atoms with Crippen molar-refractivity contribution in [3.8, 4) is 5.75 Å². The number of hydrogen-bond acceptors (Lipinski definition) is 4. The van der Waals surface area contributed by atoms with Gasteiger partial charge in [0.2, 0.25) is 0 Å². The van der Waals surface area contributed by atoms with Gasteiger partial charge in [-0.3, -0.25) is 4.79 Å². The number of fused-ring (bicyclic) bond motifs is 1. The number of aryl methyl sites for hydroxylation is 1. The molecule has 2 aromatic rings. The molecule has 0 spiro atoms. The molecule has 2 rings (SSSR count). The molecule has 0 aliphatic carbocycles. The van der Waals surface area contributed by atoms with Crippen LogP contribution in [0.15, 0.2) is 18.2 Å². The maximum Gasteiger partial charge on any atom is 0.262 e. The van der Waals surface area contributed by atoms with E-state index in [2.05, 4.69) is 5.32 Å². The minimum absolute atomic E-state index is 0.0627. The van der Waals surface area contributed by atoms with Crippen LogP contribution < -0.4 is 10.1 Å². The molecule has 120 valence electrons. The molecule has 0 saturated heterocycles. The molecular weight excluding hydrogens is 298 g/mol. The first-order chi connectivity index (χ1) is 10.4. The van der Waals surface area contributed by atoms with Gasteiger partial charge < -0.3 is 15.2 Å². The number of benzene rings is 1. The summed E-state index contributed by atoms with van der Waals surface area (Å²) in [5, 5.41) is 13.3. The van der Waals surface area contributed by atoms with Gasteiger partial charge in [0.1, 0.15) is 5.75 Å². The summed E-state index contributed by atoms with van der Waals surface area (Å²) in [5.74, 6) is 0.717. The number of carbonyl (C=O) groups excluding carboxylic acids is 1. The number of aliphatic hydroxyl groups is 1. The lowest BCUT2D eigenvalue weighted by Crippen LogP contribution is -2.46. The average molecular weight is 321 g/mol. The summed E-state index contributed by atoms with van der Waals surface area (Å²) < 4.78 is 6.33. The highest BCUT2D eigenvalue weighted by molar-refractivity contribution is 7.21. The SMILES string of the molecule is CCC(C)(CCO)NC(=O)c1sc2ccc(OC)cc2c1C. The molecule has 0 bridgehead atoms.